The van der Waals surface area contributed by atoms with E-state index in [9.17, 15) is 9.90 Å². The van der Waals surface area contributed by atoms with Crippen LogP contribution in [0.1, 0.15) is 109 Å². The largest absolute Gasteiger partial charge is 0.481 e. The van der Waals surface area contributed by atoms with Gasteiger partial charge in [-0.3, -0.25) is 4.79 Å². The zero-order chi connectivity index (χ0) is 21.9. The second-order valence-electron chi connectivity index (χ2n) is 8.59. The molecule has 0 heterocycles. The molecule has 1 rings (SSSR count). The van der Waals surface area contributed by atoms with Gasteiger partial charge in [0.1, 0.15) is 6.23 Å². The fraction of sp³-hybridized carbons (Fsp3) is 0.731. The first-order valence-electron chi connectivity index (χ1n) is 12.3. The van der Waals surface area contributed by atoms with E-state index in [4.69, 9.17) is 10.5 Å². The number of benzene rings is 1. The molecule has 0 aliphatic rings. The Hall–Kier alpha value is -1.39. The van der Waals surface area contributed by atoms with Gasteiger partial charge in [0.25, 0.3) is 0 Å². The molecule has 0 aliphatic carbocycles. The summed E-state index contributed by atoms with van der Waals surface area (Å²) in [7, 11) is 0. The lowest BCUT2D eigenvalue weighted by atomic mass is 9.98. The van der Waals surface area contributed by atoms with Crippen LogP contribution in [-0.4, -0.2) is 17.3 Å². The number of carboxylic acids is 1. The zero-order valence-electron chi connectivity index (χ0n) is 19.2. The molecule has 0 amide bonds. The topological polar surface area (TPSA) is 72.5 Å². The van der Waals surface area contributed by atoms with Gasteiger partial charge in [-0.1, -0.05) is 127 Å². The van der Waals surface area contributed by atoms with E-state index in [1.54, 1.807) is 0 Å². The molecule has 0 aromatic heterocycles. The van der Waals surface area contributed by atoms with Crippen LogP contribution in [0.25, 0.3) is 0 Å². The highest BCUT2D eigenvalue weighted by molar-refractivity contribution is 5.70. The van der Waals surface area contributed by atoms with E-state index in [-0.39, 0.29) is 0 Å². The third kappa shape index (κ3) is 13.8. The SMILES string of the molecule is CCCCCCCCCCCCCCCCC(C(=O)O)C(N)OCc1ccccc1. The van der Waals surface area contributed by atoms with Gasteiger partial charge in [-0.25, -0.2) is 0 Å². The van der Waals surface area contributed by atoms with Gasteiger partial charge in [0.15, 0.2) is 0 Å². The van der Waals surface area contributed by atoms with Crippen molar-refractivity contribution in [3.8, 4) is 0 Å². The smallest absolute Gasteiger partial charge is 0.310 e. The van der Waals surface area contributed by atoms with Crippen LogP contribution in [0.3, 0.4) is 0 Å². The molecule has 1 aromatic carbocycles. The highest BCUT2D eigenvalue weighted by Crippen LogP contribution is 2.18. The molecule has 0 aliphatic heterocycles. The van der Waals surface area contributed by atoms with Gasteiger partial charge in [0.2, 0.25) is 0 Å². The summed E-state index contributed by atoms with van der Waals surface area (Å²) < 4.78 is 5.62. The average Bonchev–Trinajstić information content (AvgIpc) is 2.75. The van der Waals surface area contributed by atoms with E-state index in [0.717, 1.165) is 18.4 Å². The van der Waals surface area contributed by atoms with Crippen LogP contribution in [-0.2, 0) is 16.1 Å². The van der Waals surface area contributed by atoms with Crippen molar-refractivity contribution in [2.45, 2.75) is 116 Å². The molecule has 1 aromatic rings. The molecular formula is C26H45NO3. The first kappa shape index (κ1) is 26.6. The molecule has 2 atom stereocenters. The number of carbonyl (C=O) groups is 1. The lowest BCUT2D eigenvalue weighted by Crippen LogP contribution is -2.37. The van der Waals surface area contributed by atoms with Crippen LogP contribution >= 0.6 is 0 Å². The van der Waals surface area contributed by atoms with E-state index in [2.05, 4.69) is 6.92 Å². The summed E-state index contributed by atoms with van der Waals surface area (Å²) in [6, 6.07) is 9.73. The summed E-state index contributed by atoms with van der Waals surface area (Å²) in [6.07, 6.45) is 18.0. The molecule has 0 bridgehead atoms. The van der Waals surface area contributed by atoms with Crippen LogP contribution in [0.15, 0.2) is 30.3 Å². The van der Waals surface area contributed by atoms with Crippen molar-refractivity contribution in [3.63, 3.8) is 0 Å². The fourth-order valence-corrected chi connectivity index (χ4v) is 3.87. The van der Waals surface area contributed by atoms with Crippen LogP contribution in [0.5, 0.6) is 0 Å². The predicted molar refractivity (Wildman–Crippen MR) is 125 cm³/mol. The minimum Gasteiger partial charge on any atom is -0.481 e. The van der Waals surface area contributed by atoms with Gasteiger partial charge in [0.05, 0.1) is 12.5 Å². The highest BCUT2D eigenvalue weighted by Gasteiger charge is 2.25. The maximum atomic E-state index is 11.6. The maximum Gasteiger partial charge on any atom is 0.310 e. The Morgan fingerprint density at radius 2 is 1.30 bits per heavy atom. The quantitative estimate of drug-likeness (QED) is 0.175. The monoisotopic (exact) mass is 419 g/mol. The fourth-order valence-electron chi connectivity index (χ4n) is 3.87. The molecule has 0 radical (unpaired) electrons. The Bertz CT molecular complexity index is 520. The van der Waals surface area contributed by atoms with E-state index >= 15 is 0 Å². The normalized spacial score (nSPS) is 13.3. The van der Waals surface area contributed by atoms with Crippen molar-refractivity contribution in [1.82, 2.24) is 0 Å². The van der Waals surface area contributed by atoms with Crippen molar-refractivity contribution in [2.75, 3.05) is 0 Å². The second kappa shape index (κ2) is 18.4. The summed E-state index contributed by atoms with van der Waals surface area (Å²) in [5, 5.41) is 9.48. The molecule has 3 N–H and O–H groups in total. The van der Waals surface area contributed by atoms with Gasteiger partial charge < -0.3 is 15.6 Å². The maximum absolute atomic E-state index is 11.6. The van der Waals surface area contributed by atoms with Crippen LogP contribution in [0, 0.1) is 5.92 Å². The molecule has 4 nitrogen and oxygen atoms in total. The highest BCUT2D eigenvalue weighted by atomic mass is 16.5. The van der Waals surface area contributed by atoms with Crippen LogP contribution in [0.2, 0.25) is 0 Å². The molecule has 0 fully saturated rings. The van der Waals surface area contributed by atoms with Crippen molar-refractivity contribution in [3.05, 3.63) is 35.9 Å². The molecule has 0 saturated carbocycles. The van der Waals surface area contributed by atoms with Crippen molar-refractivity contribution >= 4 is 5.97 Å². The van der Waals surface area contributed by atoms with Gasteiger partial charge in [-0.15, -0.1) is 0 Å². The Kier molecular flexibility index (Phi) is 16.3. The number of rotatable bonds is 20. The summed E-state index contributed by atoms with van der Waals surface area (Å²) in [6.45, 7) is 2.62. The van der Waals surface area contributed by atoms with E-state index in [1.165, 1.54) is 77.0 Å². The zero-order valence-corrected chi connectivity index (χ0v) is 19.2. The molecule has 0 saturated heterocycles. The Labute approximate surface area is 184 Å². The third-order valence-electron chi connectivity index (χ3n) is 5.87. The first-order chi connectivity index (χ1) is 14.6. The summed E-state index contributed by atoms with van der Waals surface area (Å²) in [5.41, 5.74) is 7.03. The minimum absolute atomic E-state index is 0.352. The number of carboxylic acid groups (broad SMARTS) is 1. The average molecular weight is 420 g/mol. The predicted octanol–water partition coefficient (Wildman–Crippen LogP) is 7.06. The third-order valence-corrected chi connectivity index (χ3v) is 5.87. The van der Waals surface area contributed by atoms with E-state index in [0.29, 0.717) is 13.0 Å². The minimum atomic E-state index is -0.856. The Morgan fingerprint density at radius 1 is 0.833 bits per heavy atom. The van der Waals surface area contributed by atoms with Crippen molar-refractivity contribution in [2.24, 2.45) is 11.7 Å². The lowest BCUT2D eigenvalue weighted by molar-refractivity contribution is -0.148. The Balaban J connectivity index is 2.00. The van der Waals surface area contributed by atoms with E-state index < -0.39 is 18.1 Å². The first-order valence-corrected chi connectivity index (χ1v) is 12.3. The van der Waals surface area contributed by atoms with Gasteiger partial charge >= 0.3 is 5.97 Å². The molecule has 2 unspecified atom stereocenters. The number of hydrogen-bond acceptors (Lipinski definition) is 3. The Morgan fingerprint density at radius 3 is 1.77 bits per heavy atom. The van der Waals surface area contributed by atoms with Gasteiger partial charge in [0, 0.05) is 0 Å². The summed E-state index contributed by atoms with van der Waals surface area (Å²) >= 11 is 0. The summed E-state index contributed by atoms with van der Waals surface area (Å²) in [4.78, 5) is 11.6. The number of ether oxygens (including phenoxy) is 1. The lowest BCUT2D eigenvalue weighted by Gasteiger charge is -2.20. The molecule has 0 spiro atoms. The van der Waals surface area contributed by atoms with Gasteiger partial charge in [-0.05, 0) is 12.0 Å². The van der Waals surface area contributed by atoms with Crippen LogP contribution in [0.4, 0.5) is 0 Å². The number of aliphatic carboxylic acids is 1. The second-order valence-corrected chi connectivity index (χ2v) is 8.59. The molecular weight excluding hydrogens is 374 g/mol. The van der Waals surface area contributed by atoms with E-state index in [1.807, 2.05) is 30.3 Å². The standard InChI is InChI=1S/C26H45NO3/c1-2-3-4-5-6-7-8-9-10-11-12-13-14-18-21-24(26(28)29)25(27)30-22-23-19-16-15-17-20-23/h15-17,19-20,24-25H,2-14,18,21-22,27H2,1H3,(H,28,29). The van der Waals surface area contributed by atoms with Crippen molar-refractivity contribution < 1.29 is 14.6 Å². The number of hydrogen-bond donors (Lipinski definition) is 2. The molecule has 4 heteroatoms. The number of nitrogens with two attached hydrogens (primary N) is 1. The van der Waals surface area contributed by atoms with Crippen molar-refractivity contribution in [1.29, 1.82) is 0 Å². The summed E-state index contributed by atoms with van der Waals surface area (Å²) in [5.74, 6) is -1.49. The van der Waals surface area contributed by atoms with Gasteiger partial charge in [-0.2, -0.15) is 0 Å². The number of unbranched alkanes of at least 4 members (excludes halogenated alkanes) is 13. The van der Waals surface area contributed by atoms with Crippen LogP contribution < -0.4 is 5.73 Å². The molecule has 30 heavy (non-hydrogen) atoms. The molecule has 172 valence electrons.